The summed E-state index contributed by atoms with van der Waals surface area (Å²) in [6.45, 7) is 9.91. The predicted molar refractivity (Wildman–Crippen MR) is 118 cm³/mol. The molecular weight excluding hydrogens is 394 g/mol. The summed E-state index contributed by atoms with van der Waals surface area (Å²) >= 11 is 0. The number of piperazine rings is 1. The van der Waals surface area contributed by atoms with Gasteiger partial charge >= 0.3 is 6.03 Å². The molecule has 0 radical (unpaired) electrons. The number of carbonyl (C=O) groups excluding carboxylic acids is 2. The topological polar surface area (TPSA) is 74.7 Å². The fraction of sp³-hybridized carbons (Fsp3) is 0.500. The zero-order valence-electron chi connectivity index (χ0n) is 18.3. The number of carbonyl (C=O) groups is 2. The predicted octanol–water partition coefficient (Wildman–Crippen LogP) is 0.924. The number of rotatable bonds is 4. The fourth-order valence-electron chi connectivity index (χ4n) is 4.90. The molecule has 0 bridgehead atoms. The maximum Gasteiger partial charge on any atom is 0.325 e. The molecule has 4 aliphatic rings. The molecule has 2 atom stereocenters. The van der Waals surface area contributed by atoms with Crippen LogP contribution in [-0.4, -0.2) is 96.0 Å². The van der Waals surface area contributed by atoms with Gasteiger partial charge in [0.1, 0.15) is 0 Å². The molecule has 0 aromatic heterocycles. The Morgan fingerprint density at radius 3 is 2.42 bits per heavy atom. The lowest BCUT2D eigenvalue weighted by molar-refractivity contribution is -0.126. The zero-order chi connectivity index (χ0) is 21.7. The van der Waals surface area contributed by atoms with E-state index in [1.54, 1.807) is 7.05 Å². The second kappa shape index (κ2) is 7.56. The molecule has 164 valence electrons. The smallest absolute Gasteiger partial charge is 0.325 e. The van der Waals surface area contributed by atoms with Crippen LogP contribution in [0.5, 0.6) is 0 Å². The first-order valence-corrected chi connectivity index (χ1v) is 10.9. The van der Waals surface area contributed by atoms with Gasteiger partial charge < -0.3 is 14.7 Å². The van der Waals surface area contributed by atoms with Gasteiger partial charge in [-0.3, -0.25) is 19.9 Å². The van der Waals surface area contributed by atoms with E-state index in [1.165, 1.54) is 10.6 Å². The van der Waals surface area contributed by atoms with Gasteiger partial charge in [-0.25, -0.2) is 9.79 Å². The second-order valence-electron chi connectivity index (χ2n) is 8.55. The molecule has 4 heterocycles. The van der Waals surface area contributed by atoms with E-state index in [-0.39, 0.29) is 5.91 Å². The summed E-state index contributed by atoms with van der Waals surface area (Å²) in [4.78, 5) is 40.0. The number of benzene rings is 1. The van der Waals surface area contributed by atoms with Crippen LogP contribution in [-0.2, 0) is 4.79 Å². The number of para-hydroxylation sites is 1. The van der Waals surface area contributed by atoms with Crippen LogP contribution < -0.4 is 10.2 Å². The summed E-state index contributed by atoms with van der Waals surface area (Å²) in [6, 6.07) is 9.68. The highest BCUT2D eigenvalue weighted by atomic mass is 16.2. The Morgan fingerprint density at radius 1 is 1.00 bits per heavy atom. The van der Waals surface area contributed by atoms with Gasteiger partial charge in [0.2, 0.25) is 5.96 Å². The van der Waals surface area contributed by atoms with Crippen LogP contribution in [0.4, 0.5) is 10.5 Å². The minimum absolute atomic E-state index is 0.280. The molecule has 1 aromatic carbocycles. The molecule has 9 nitrogen and oxygen atoms in total. The normalized spacial score (nSPS) is 26.4. The molecule has 0 spiro atoms. The largest absolute Gasteiger partial charge is 0.369 e. The minimum Gasteiger partial charge on any atom is -0.369 e. The molecule has 9 heteroatoms. The van der Waals surface area contributed by atoms with Gasteiger partial charge in [0.25, 0.3) is 5.91 Å². The van der Waals surface area contributed by atoms with Crippen molar-refractivity contribution in [3.05, 3.63) is 41.7 Å². The van der Waals surface area contributed by atoms with Crippen molar-refractivity contribution in [2.75, 3.05) is 51.2 Å². The molecule has 4 aliphatic heterocycles. The molecule has 2 fully saturated rings. The molecule has 3 amide bonds. The van der Waals surface area contributed by atoms with Gasteiger partial charge in [0, 0.05) is 63.4 Å². The van der Waals surface area contributed by atoms with Crippen molar-refractivity contribution < 1.29 is 9.59 Å². The van der Waals surface area contributed by atoms with Crippen LogP contribution in [0.1, 0.15) is 13.8 Å². The molecule has 2 unspecified atom stereocenters. The lowest BCUT2D eigenvalue weighted by Gasteiger charge is -2.37. The Balaban J connectivity index is 1.24. The monoisotopic (exact) mass is 423 g/mol. The molecule has 0 saturated carbocycles. The summed E-state index contributed by atoms with van der Waals surface area (Å²) in [5, 5.41) is 2.44. The Morgan fingerprint density at radius 2 is 1.71 bits per heavy atom. The number of anilines is 1. The van der Waals surface area contributed by atoms with Crippen molar-refractivity contribution in [2.45, 2.75) is 26.1 Å². The number of fused-ring (bicyclic) bond motifs is 3. The number of amides is 3. The SMILES string of the molecule is CC1=C(C)N2C(=NC3C2C(=O)NC(=O)N3C)N1CCN1CCN(c2ccccc2)CC1. The van der Waals surface area contributed by atoms with Gasteiger partial charge in [-0.05, 0) is 26.0 Å². The number of urea groups is 1. The third-order valence-electron chi connectivity index (χ3n) is 6.90. The number of hydrogen-bond donors (Lipinski definition) is 1. The Bertz CT molecular complexity index is 952. The fourth-order valence-corrected chi connectivity index (χ4v) is 4.90. The summed E-state index contributed by atoms with van der Waals surface area (Å²) < 4.78 is 0. The number of guanidine groups is 1. The number of nitrogens with zero attached hydrogens (tertiary/aromatic N) is 6. The van der Waals surface area contributed by atoms with Gasteiger partial charge in [-0.15, -0.1) is 0 Å². The first-order chi connectivity index (χ1) is 15.0. The first-order valence-electron chi connectivity index (χ1n) is 10.9. The summed E-state index contributed by atoms with van der Waals surface area (Å²) in [5.74, 6) is 0.502. The van der Waals surface area contributed by atoms with Gasteiger partial charge in [-0.1, -0.05) is 18.2 Å². The number of allylic oxidation sites excluding steroid dienone is 2. The van der Waals surface area contributed by atoms with Crippen LogP contribution in [0.25, 0.3) is 0 Å². The van der Waals surface area contributed by atoms with E-state index in [4.69, 9.17) is 4.99 Å². The second-order valence-corrected chi connectivity index (χ2v) is 8.55. The Labute approximate surface area is 182 Å². The number of imide groups is 1. The average molecular weight is 424 g/mol. The lowest BCUT2D eigenvalue weighted by atomic mass is 10.1. The quantitative estimate of drug-likeness (QED) is 0.777. The molecule has 5 rings (SSSR count). The lowest BCUT2D eigenvalue weighted by Crippen LogP contribution is -2.63. The summed E-state index contributed by atoms with van der Waals surface area (Å²) in [5.41, 5.74) is 3.43. The van der Waals surface area contributed by atoms with E-state index in [9.17, 15) is 9.59 Å². The highest BCUT2D eigenvalue weighted by molar-refractivity contribution is 6.05. The van der Waals surface area contributed by atoms with E-state index < -0.39 is 18.2 Å². The van der Waals surface area contributed by atoms with Crippen LogP contribution in [0.15, 0.2) is 46.7 Å². The Hall–Kier alpha value is -3.07. The molecule has 31 heavy (non-hydrogen) atoms. The summed E-state index contributed by atoms with van der Waals surface area (Å²) in [6.07, 6.45) is -0.476. The molecule has 2 saturated heterocycles. The van der Waals surface area contributed by atoms with Crippen molar-refractivity contribution >= 4 is 23.6 Å². The number of nitrogens with one attached hydrogen (secondary N) is 1. The first kappa shape index (κ1) is 19.9. The molecule has 1 N–H and O–H groups in total. The van der Waals surface area contributed by atoms with Crippen LogP contribution in [0.3, 0.4) is 0 Å². The van der Waals surface area contributed by atoms with E-state index >= 15 is 0 Å². The van der Waals surface area contributed by atoms with Gasteiger partial charge in [0.05, 0.1) is 0 Å². The Kier molecular flexibility index (Phi) is 4.85. The highest BCUT2D eigenvalue weighted by Gasteiger charge is 2.53. The molecule has 1 aromatic rings. The standard InChI is InChI=1S/C22H29N7O2/c1-15-16(2)29-18-19(25(3)22(31)24-20(18)30)23-21(29)28(15)14-11-26-9-12-27(13-10-26)17-7-5-4-6-8-17/h4-8,18-19H,9-14H2,1-3H3,(H,24,30,31). The number of hydrogen-bond acceptors (Lipinski definition) is 7. The maximum atomic E-state index is 12.6. The third-order valence-corrected chi connectivity index (χ3v) is 6.90. The molecule has 0 aliphatic carbocycles. The van der Waals surface area contributed by atoms with Crippen molar-refractivity contribution in [1.29, 1.82) is 0 Å². The van der Waals surface area contributed by atoms with E-state index in [0.29, 0.717) is 0 Å². The highest BCUT2D eigenvalue weighted by Crippen LogP contribution is 2.35. The van der Waals surface area contributed by atoms with E-state index in [1.807, 2.05) is 11.8 Å². The molecular formula is C22H29N7O2. The number of aliphatic imine (C=N–C) groups is 1. The minimum atomic E-state index is -0.493. The van der Waals surface area contributed by atoms with Crippen LogP contribution in [0.2, 0.25) is 0 Å². The average Bonchev–Trinajstić information content (AvgIpc) is 3.28. The van der Waals surface area contributed by atoms with Crippen molar-refractivity contribution in [2.24, 2.45) is 4.99 Å². The van der Waals surface area contributed by atoms with E-state index in [2.05, 4.69) is 57.3 Å². The maximum absolute atomic E-state index is 12.6. The zero-order valence-corrected chi connectivity index (χ0v) is 18.3. The van der Waals surface area contributed by atoms with Crippen LogP contribution in [0, 0.1) is 0 Å². The van der Waals surface area contributed by atoms with Crippen molar-refractivity contribution in [1.82, 2.24) is 24.9 Å². The van der Waals surface area contributed by atoms with E-state index in [0.717, 1.165) is 56.6 Å². The van der Waals surface area contributed by atoms with Gasteiger partial charge in [-0.2, -0.15) is 0 Å². The van der Waals surface area contributed by atoms with Crippen LogP contribution >= 0.6 is 0 Å². The van der Waals surface area contributed by atoms with Crippen molar-refractivity contribution in [3.8, 4) is 0 Å². The third kappa shape index (κ3) is 3.23. The summed E-state index contributed by atoms with van der Waals surface area (Å²) in [7, 11) is 1.69. The van der Waals surface area contributed by atoms with Crippen molar-refractivity contribution in [3.63, 3.8) is 0 Å². The van der Waals surface area contributed by atoms with Gasteiger partial charge in [0.15, 0.2) is 12.2 Å². The number of likely N-dealkylation sites (N-methyl/N-ethyl adjacent to an activating group) is 1.